The number of ether oxygens (including phenoxy) is 2. The lowest BCUT2D eigenvalue weighted by Gasteiger charge is -2.08. The molecule has 0 amide bonds. The highest BCUT2D eigenvalue weighted by Crippen LogP contribution is 2.27. The number of hydrogen-bond donors (Lipinski definition) is 0. The molecular formula is C20H15F2N3O2. The van der Waals surface area contributed by atoms with E-state index in [0.717, 1.165) is 11.1 Å². The Hall–Kier alpha value is -3.35. The smallest absolute Gasteiger partial charge is 0.222 e. The standard InChI is InChI=1S/C20H15F2N3O2/c21-15-2-1-3-16(22)19(15)20-25-17(11-27-20)14-6-4-13(5-7-14)10-26-18-8-9-23-12-24-18/h1-9,12,17H,10-11H2. The van der Waals surface area contributed by atoms with Crippen LogP contribution in [0.2, 0.25) is 0 Å². The highest BCUT2D eigenvalue weighted by atomic mass is 19.1. The summed E-state index contributed by atoms with van der Waals surface area (Å²) in [4.78, 5) is 12.2. The van der Waals surface area contributed by atoms with Crippen molar-refractivity contribution in [1.29, 1.82) is 0 Å². The largest absolute Gasteiger partial charge is 0.475 e. The molecule has 0 saturated heterocycles. The molecule has 1 atom stereocenters. The van der Waals surface area contributed by atoms with Crippen molar-refractivity contribution in [3.8, 4) is 5.88 Å². The second-order valence-corrected chi connectivity index (χ2v) is 5.94. The van der Waals surface area contributed by atoms with Crippen molar-refractivity contribution >= 4 is 5.90 Å². The van der Waals surface area contributed by atoms with Gasteiger partial charge in [0.05, 0.1) is 0 Å². The number of hydrogen-bond acceptors (Lipinski definition) is 5. The van der Waals surface area contributed by atoms with Gasteiger partial charge in [-0.2, -0.15) is 0 Å². The molecule has 3 aromatic rings. The lowest BCUT2D eigenvalue weighted by atomic mass is 10.1. The maximum Gasteiger partial charge on any atom is 0.222 e. The molecule has 1 aliphatic rings. The molecule has 2 aromatic carbocycles. The average molecular weight is 367 g/mol. The van der Waals surface area contributed by atoms with Crippen LogP contribution >= 0.6 is 0 Å². The second kappa shape index (κ2) is 7.49. The van der Waals surface area contributed by atoms with E-state index in [9.17, 15) is 8.78 Å². The lowest BCUT2D eigenvalue weighted by Crippen LogP contribution is -2.07. The third-order valence-electron chi connectivity index (χ3n) is 4.13. The van der Waals surface area contributed by atoms with Crippen molar-refractivity contribution in [3.05, 3.63) is 89.4 Å². The van der Waals surface area contributed by atoms with Gasteiger partial charge in [0.15, 0.2) is 0 Å². The second-order valence-electron chi connectivity index (χ2n) is 5.94. The summed E-state index contributed by atoms with van der Waals surface area (Å²) in [5.41, 5.74) is 1.63. The van der Waals surface area contributed by atoms with Gasteiger partial charge in [-0.3, -0.25) is 0 Å². The van der Waals surface area contributed by atoms with E-state index in [0.29, 0.717) is 12.5 Å². The van der Waals surface area contributed by atoms with Crippen molar-refractivity contribution in [2.75, 3.05) is 6.61 Å². The zero-order chi connectivity index (χ0) is 18.6. The topological polar surface area (TPSA) is 56.6 Å². The van der Waals surface area contributed by atoms with Crippen LogP contribution in [0.25, 0.3) is 0 Å². The molecule has 4 rings (SSSR count). The van der Waals surface area contributed by atoms with Gasteiger partial charge in [0.25, 0.3) is 0 Å². The number of aromatic nitrogens is 2. The first-order valence-electron chi connectivity index (χ1n) is 8.33. The van der Waals surface area contributed by atoms with Gasteiger partial charge in [-0.05, 0) is 23.3 Å². The van der Waals surface area contributed by atoms with Crippen LogP contribution in [0.5, 0.6) is 5.88 Å². The Labute approximate surface area is 154 Å². The van der Waals surface area contributed by atoms with Gasteiger partial charge < -0.3 is 9.47 Å². The first-order valence-corrected chi connectivity index (χ1v) is 8.33. The molecule has 0 fully saturated rings. The van der Waals surface area contributed by atoms with Crippen LogP contribution in [0, 0.1) is 11.6 Å². The summed E-state index contributed by atoms with van der Waals surface area (Å²) in [5.74, 6) is -0.885. The zero-order valence-electron chi connectivity index (χ0n) is 14.2. The van der Waals surface area contributed by atoms with E-state index in [2.05, 4.69) is 15.0 Å². The fraction of sp³-hybridized carbons (Fsp3) is 0.150. The van der Waals surface area contributed by atoms with Crippen LogP contribution in [-0.2, 0) is 11.3 Å². The highest BCUT2D eigenvalue weighted by Gasteiger charge is 2.26. The van der Waals surface area contributed by atoms with Crippen LogP contribution in [0.3, 0.4) is 0 Å². The van der Waals surface area contributed by atoms with Crippen LogP contribution in [0.1, 0.15) is 22.7 Å². The van der Waals surface area contributed by atoms with Crippen molar-refractivity contribution in [2.45, 2.75) is 12.6 Å². The van der Waals surface area contributed by atoms with Crippen molar-refractivity contribution < 1.29 is 18.3 Å². The Kier molecular flexibility index (Phi) is 4.74. The van der Waals surface area contributed by atoms with Gasteiger partial charge in [0.1, 0.15) is 42.8 Å². The number of halogens is 2. The van der Waals surface area contributed by atoms with Crippen molar-refractivity contribution in [1.82, 2.24) is 9.97 Å². The van der Waals surface area contributed by atoms with Crippen molar-refractivity contribution in [3.63, 3.8) is 0 Å². The number of rotatable bonds is 5. The van der Waals surface area contributed by atoms with Crippen LogP contribution in [0.4, 0.5) is 8.78 Å². The molecule has 1 unspecified atom stereocenters. The van der Waals surface area contributed by atoms with E-state index in [1.54, 1.807) is 12.3 Å². The Morgan fingerprint density at radius 2 is 1.81 bits per heavy atom. The fourth-order valence-corrected chi connectivity index (χ4v) is 2.74. The molecule has 5 nitrogen and oxygen atoms in total. The molecule has 0 spiro atoms. The summed E-state index contributed by atoms with van der Waals surface area (Å²) in [6.45, 7) is 0.604. The predicted octanol–water partition coefficient (Wildman–Crippen LogP) is 3.85. The van der Waals surface area contributed by atoms with Gasteiger partial charge in [-0.1, -0.05) is 30.3 Å². The maximum atomic E-state index is 13.9. The molecule has 1 aliphatic heterocycles. The predicted molar refractivity (Wildman–Crippen MR) is 94.4 cm³/mol. The molecule has 0 aliphatic carbocycles. The van der Waals surface area contributed by atoms with E-state index in [1.807, 2.05) is 24.3 Å². The Morgan fingerprint density at radius 3 is 2.52 bits per heavy atom. The first kappa shape index (κ1) is 17.1. The van der Waals surface area contributed by atoms with E-state index in [-0.39, 0.29) is 24.1 Å². The summed E-state index contributed by atoms with van der Waals surface area (Å²) < 4.78 is 38.8. The average Bonchev–Trinajstić information content (AvgIpc) is 3.17. The van der Waals surface area contributed by atoms with Gasteiger partial charge in [-0.15, -0.1) is 0 Å². The SMILES string of the molecule is Fc1cccc(F)c1C1=NC(c2ccc(COc3ccncn3)cc2)CO1. The Morgan fingerprint density at radius 1 is 1.04 bits per heavy atom. The van der Waals surface area contributed by atoms with E-state index >= 15 is 0 Å². The molecule has 27 heavy (non-hydrogen) atoms. The minimum atomic E-state index is -0.688. The third-order valence-corrected chi connectivity index (χ3v) is 4.13. The van der Waals surface area contributed by atoms with Crippen LogP contribution in [0.15, 0.2) is 66.0 Å². The minimum absolute atomic E-state index is 0.00762. The molecule has 2 heterocycles. The number of aliphatic imine (C=N–C) groups is 1. The lowest BCUT2D eigenvalue weighted by molar-refractivity contribution is 0.293. The minimum Gasteiger partial charge on any atom is -0.475 e. The number of nitrogens with zero attached hydrogens (tertiary/aromatic N) is 3. The van der Waals surface area contributed by atoms with Gasteiger partial charge in [0.2, 0.25) is 11.8 Å². The summed E-state index contributed by atoms with van der Waals surface area (Å²) in [6, 6.07) is 12.7. The van der Waals surface area contributed by atoms with E-state index in [4.69, 9.17) is 9.47 Å². The van der Waals surface area contributed by atoms with Gasteiger partial charge in [0, 0.05) is 12.3 Å². The van der Waals surface area contributed by atoms with E-state index < -0.39 is 11.6 Å². The van der Waals surface area contributed by atoms with Crippen LogP contribution in [-0.4, -0.2) is 22.5 Å². The Balaban J connectivity index is 1.46. The van der Waals surface area contributed by atoms with Crippen LogP contribution < -0.4 is 4.74 Å². The summed E-state index contributed by atoms with van der Waals surface area (Å²) >= 11 is 0. The number of benzene rings is 2. The molecular weight excluding hydrogens is 352 g/mol. The molecule has 1 aromatic heterocycles. The molecule has 0 bridgehead atoms. The van der Waals surface area contributed by atoms with E-state index in [1.165, 1.54) is 24.5 Å². The monoisotopic (exact) mass is 367 g/mol. The summed E-state index contributed by atoms with van der Waals surface area (Å²) in [5, 5.41) is 0. The fourth-order valence-electron chi connectivity index (χ4n) is 2.74. The summed E-state index contributed by atoms with van der Waals surface area (Å²) in [7, 11) is 0. The van der Waals surface area contributed by atoms with Gasteiger partial charge >= 0.3 is 0 Å². The maximum absolute atomic E-state index is 13.9. The molecule has 0 N–H and O–H groups in total. The zero-order valence-corrected chi connectivity index (χ0v) is 14.2. The first-order chi connectivity index (χ1) is 13.2. The normalized spacial score (nSPS) is 15.9. The molecule has 0 saturated carbocycles. The molecule has 7 heteroatoms. The van der Waals surface area contributed by atoms with Gasteiger partial charge in [-0.25, -0.2) is 23.7 Å². The summed E-state index contributed by atoms with van der Waals surface area (Å²) in [6.07, 6.45) is 3.03. The van der Waals surface area contributed by atoms with Crippen molar-refractivity contribution in [2.24, 2.45) is 4.99 Å². The molecule has 0 radical (unpaired) electrons. The third kappa shape index (κ3) is 3.76. The highest BCUT2D eigenvalue weighted by molar-refractivity contribution is 5.95. The molecule has 136 valence electrons. The Bertz CT molecular complexity index is 942. The quantitative estimate of drug-likeness (QED) is 0.687.